The van der Waals surface area contributed by atoms with Gasteiger partial charge in [0.05, 0.1) is 0 Å². The van der Waals surface area contributed by atoms with E-state index >= 15 is 0 Å². The summed E-state index contributed by atoms with van der Waals surface area (Å²) in [7, 11) is -1.86. The number of halogens is 1. The predicted molar refractivity (Wildman–Crippen MR) is 116 cm³/mol. The summed E-state index contributed by atoms with van der Waals surface area (Å²) in [4.78, 5) is 0. The van der Waals surface area contributed by atoms with Crippen molar-refractivity contribution in [2.45, 2.75) is 52.8 Å². The van der Waals surface area contributed by atoms with Crippen molar-refractivity contribution in [1.29, 1.82) is 0 Å². The maximum Gasteiger partial charge on any atom is 0.250 e. The van der Waals surface area contributed by atoms with Crippen molar-refractivity contribution in [3.05, 3.63) is 69.7 Å². The molecule has 2 rings (SSSR count). The van der Waals surface area contributed by atoms with Crippen molar-refractivity contribution >= 4 is 29.8 Å². The minimum Gasteiger partial charge on any atom is -0.543 e. The molecule has 134 valence electrons. The molecule has 0 unspecified atom stereocenters. The fourth-order valence-corrected chi connectivity index (χ4v) is 4.22. The van der Waals surface area contributed by atoms with Crippen LogP contribution in [0.15, 0.2) is 47.4 Å². The Balaban J connectivity index is 2.41. The van der Waals surface area contributed by atoms with Gasteiger partial charge in [-0.25, -0.2) is 0 Å². The van der Waals surface area contributed by atoms with Crippen molar-refractivity contribution in [2.24, 2.45) is 0 Å². The minimum atomic E-state index is -1.86. The molecule has 0 saturated heterocycles. The summed E-state index contributed by atoms with van der Waals surface area (Å²) in [6, 6.07) is 12.6. The van der Waals surface area contributed by atoms with E-state index in [4.69, 9.17) is 4.43 Å². The lowest BCUT2D eigenvalue weighted by Crippen LogP contribution is -2.44. The topological polar surface area (TPSA) is 9.23 Å². The van der Waals surface area contributed by atoms with Gasteiger partial charge in [0.25, 0.3) is 8.32 Å². The quantitative estimate of drug-likeness (QED) is 0.468. The monoisotopic (exact) mass is 416 g/mol. The van der Waals surface area contributed by atoms with Crippen LogP contribution in [0.2, 0.25) is 18.1 Å². The molecule has 0 N–H and O–H groups in total. The van der Waals surface area contributed by atoms with Gasteiger partial charge in [-0.15, -0.1) is 0 Å². The third-order valence-corrected chi connectivity index (χ3v) is 10.2. The second-order valence-electron chi connectivity index (χ2n) is 8.26. The van der Waals surface area contributed by atoms with Gasteiger partial charge in [-0.1, -0.05) is 61.5 Å². The van der Waals surface area contributed by atoms with Gasteiger partial charge in [-0.2, -0.15) is 0 Å². The van der Waals surface area contributed by atoms with Crippen LogP contribution in [0, 0.1) is 13.8 Å². The second kappa shape index (κ2) is 7.12. The molecular weight excluding hydrogens is 388 g/mol. The molecule has 1 nitrogen and oxygen atoms in total. The molecule has 0 fully saturated rings. The largest absolute Gasteiger partial charge is 0.543 e. The molecule has 0 aromatic heterocycles. The Morgan fingerprint density at radius 3 is 2.04 bits per heavy atom. The average molecular weight is 417 g/mol. The van der Waals surface area contributed by atoms with Gasteiger partial charge in [-0.3, -0.25) is 0 Å². The summed E-state index contributed by atoms with van der Waals surface area (Å²) < 4.78 is 7.66. The second-order valence-corrected chi connectivity index (χ2v) is 13.8. The van der Waals surface area contributed by atoms with Crippen LogP contribution in [0.3, 0.4) is 0 Å². The van der Waals surface area contributed by atoms with E-state index in [2.05, 4.69) is 94.5 Å². The standard InChI is InChI=1S/C22H29BrOSi/c1-15-13-18(17(3)19-11-9-10-12-20(19)23)14-16(2)21(15)24-25(7,8)22(4,5)6/h9-14H,3H2,1-2,4-8H3. The van der Waals surface area contributed by atoms with Crippen molar-refractivity contribution in [3.8, 4) is 5.75 Å². The van der Waals surface area contributed by atoms with E-state index in [0.29, 0.717) is 0 Å². The minimum absolute atomic E-state index is 0.184. The molecule has 0 atom stereocenters. The third-order valence-electron chi connectivity index (χ3n) is 5.17. The Bertz CT molecular complexity index is 777. The highest BCUT2D eigenvalue weighted by Gasteiger charge is 2.39. The van der Waals surface area contributed by atoms with E-state index in [1.54, 1.807) is 0 Å². The van der Waals surface area contributed by atoms with Crippen LogP contribution in [-0.4, -0.2) is 8.32 Å². The Labute approximate surface area is 162 Å². The summed E-state index contributed by atoms with van der Waals surface area (Å²) in [5.74, 6) is 1.04. The first-order chi connectivity index (χ1) is 11.4. The van der Waals surface area contributed by atoms with Crippen molar-refractivity contribution in [3.63, 3.8) is 0 Å². The van der Waals surface area contributed by atoms with Crippen molar-refractivity contribution in [1.82, 2.24) is 0 Å². The normalized spacial score (nSPS) is 12.2. The van der Waals surface area contributed by atoms with Gasteiger partial charge in [-0.05, 0) is 78.0 Å². The lowest BCUT2D eigenvalue weighted by atomic mass is 9.96. The summed E-state index contributed by atoms with van der Waals surface area (Å²) in [5, 5.41) is 0.184. The van der Waals surface area contributed by atoms with Crippen molar-refractivity contribution in [2.75, 3.05) is 0 Å². The number of hydrogen-bond donors (Lipinski definition) is 0. The molecule has 0 spiro atoms. The average Bonchev–Trinajstić information content (AvgIpc) is 2.49. The molecular formula is C22H29BrOSi. The van der Waals surface area contributed by atoms with Gasteiger partial charge >= 0.3 is 0 Å². The van der Waals surface area contributed by atoms with Crippen LogP contribution in [0.5, 0.6) is 5.75 Å². The summed E-state index contributed by atoms with van der Waals surface area (Å²) >= 11 is 3.63. The van der Waals surface area contributed by atoms with Crippen molar-refractivity contribution < 1.29 is 4.43 Å². The Hall–Kier alpha value is -1.32. The van der Waals surface area contributed by atoms with E-state index in [9.17, 15) is 0 Å². The molecule has 0 radical (unpaired) electrons. The SMILES string of the molecule is C=C(c1cc(C)c(O[Si](C)(C)C(C)(C)C)c(C)c1)c1ccccc1Br. The van der Waals surface area contributed by atoms with Crippen LogP contribution in [0.1, 0.15) is 43.0 Å². The zero-order valence-corrected chi connectivity index (χ0v) is 19.0. The fourth-order valence-electron chi connectivity index (χ4n) is 2.56. The zero-order chi connectivity index (χ0) is 19.0. The first-order valence-electron chi connectivity index (χ1n) is 8.68. The van der Waals surface area contributed by atoms with Crippen LogP contribution in [0.4, 0.5) is 0 Å². The molecule has 2 aromatic carbocycles. The maximum absolute atomic E-state index is 6.59. The fraction of sp³-hybridized carbons (Fsp3) is 0.364. The number of benzene rings is 2. The number of hydrogen-bond acceptors (Lipinski definition) is 1. The molecule has 0 saturated carbocycles. The highest BCUT2D eigenvalue weighted by Crippen LogP contribution is 2.40. The highest BCUT2D eigenvalue weighted by atomic mass is 79.9. The third kappa shape index (κ3) is 4.27. The zero-order valence-electron chi connectivity index (χ0n) is 16.5. The van der Waals surface area contributed by atoms with Gasteiger partial charge in [0, 0.05) is 4.47 Å². The van der Waals surface area contributed by atoms with Gasteiger partial charge < -0.3 is 4.43 Å². The van der Waals surface area contributed by atoms with Crippen LogP contribution in [0.25, 0.3) is 5.57 Å². The highest BCUT2D eigenvalue weighted by molar-refractivity contribution is 9.10. The number of aryl methyl sites for hydroxylation is 2. The Morgan fingerprint density at radius 1 is 1.04 bits per heavy atom. The molecule has 3 heteroatoms. The summed E-state index contributed by atoms with van der Waals surface area (Å²) in [5.41, 5.74) is 5.64. The first-order valence-corrected chi connectivity index (χ1v) is 12.4. The van der Waals surface area contributed by atoms with E-state index in [1.807, 2.05) is 12.1 Å². The van der Waals surface area contributed by atoms with Crippen LogP contribution >= 0.6 is 15.9 Å². The Morgan fingerprint density at radius 2 is 1.56 bits per heavy atom. The van der Waals surface area contributed by atoms with Gasteiger partial charge in [0.2, 0.25) is 0 Å². The molecule has 0 amide bonds. The molecule has 0 heterocycles. The lowest BCUT2D eigenvalue weighted by molar-refractivity contribution is 0.486. The molecule has 0 bridgehead atoms. The smallest absolute Gasteiger partial charge is 0.250 e. The molecule has 0 aliphatic rings. The van der Waals surface area contributed by atoms with Crippen LogP contribution in [-0.2, 0) is 0 Å². The lowest BCUT2D eigenvalue weighted by Gasteiger charge is -2.37. The molecule has 2 aromatic rings. The Kier molecular flexibility index (Phi) is 5.70. The van der Waals surface area contributed by atoms with E-state index in [0.717, 1.165) is 26.9 Å². The summed E-state index contributed by atoms with van der Waals surface area (Å²) in [6.07, 6.45) is 0. The van der Waals surface area contributed by atoms with E-state index < -0.39 is 8.32 Å². The van der Waals surface area contributed by atoms with E-state index in [1.165, 1.54) is 11.1 Å². The van der Waals surface area contributed by atoms with Gasteiger partial charge in [0.15, 0.2) is 0 Å². The van der Waals surface area contributed by atoms with E-state index in [-0.39, 0.29) is 5.04 Å². The predicted octanol–water partition coefficient (Wildman–Crippen LogP) is 7.51. The molecule has 0 aliphatic carbocycles. The first kappa shape index (κ1) is 20.0. The maximum atomic E-state index is 6.59. The summed E-state index contributed by atoms with van der Waals surface area (Å²) in [6.45, 7) is 20.0. The van der Waals surface area contributed by atoms with Gasteiger partial charge in [0.1, 0.15) is 5.75 Å². The number of rotatable bonds is 4. The molecule has 0 aliphatic heterocycles. The molecule has 25 heavy (non-hydrogen) atoms. The van der Waals surface area contributed by atoms with Crippen LogP contribution < -0.4 is 4.43 Å².